The number of halogens is 1. The van der Waals surface area contributed by atoms with Gasteiger partial charge in [-0.3, -0.25) is 0 Å². The van der Waals surface area contributed by atoms with Gasteiger partial charge < -0.3 is 5.32 Å². The molecule has 0 aliphatic carbocycles. The standard InChI is InChI=1S/C9H9BrN2/c10-9-3-1-2-8(6-9)7-12-5-4-11/h1-3,6,12H,5,7H2. The second kappa shape index (κ2) is 4.91. The first-order chi connectivity index (χ1) is 5.83. The second-order valence-corrected chi connectivity index (χ2v) is 3.31. The van der Waals surface area contributed by atoms with Crippen LogP contribution in [-0.2, 0) is 6.54 Å². The smallest absolute Gasteiger partial charge is 0.0843 e. The molecule has 1 aromatic carbocycles. The fourth-order valence-corrected chi connectivity index (χ4v) is 1.36. The summed E-state index contributed by atoms with van der Waals surface area (Å²) < 4.78 is 1.07. The average molecular weight is 225 g/mol. The van der Waals surface area contributed by atoms with E-state index in [-0.39, 0.29) is 0 Å². The quantitative estimate of drug-likeness (QED) is 0.631. The van der Waals surface area contributed by atoms with Gasteiger partial charge in [0, 0.05) is 11.0 Å². The maximum atomic E-state index is 8.28. The lowest BCUT2D eigenvalue weighted by atomic mass is 10.2. The maximum absolute atomic E-state index is 8.28. The summed E-state index contributed by atoms with van der Waals surface area (Å²) in [6, 6.07) is 10.0. The van der Waals surface area contributed by atoms with Crippen LogP contribution in [0.5, 0.6) is 0 Å². The van der Waals surface area contributed by atoms with Gasteiger partial charge in [0.1, 0.15) is 0 Å². The van der Waals surface area contributed by atoms with E-state index in [0.29, 0.717) is 6.54 Å². The molecule has 0 bridgehead atoms. The summed E-state index contributed by atoms with van der Waals surface area (Å²) >= 11 is 3.38. The van der Waals surface area contributed by atoms with Crippen LogP contribution in [0.2, 0.25) is 0 Å². The summed E-state index contributed by atoms with van der Waals surface area (Å²) in [4.78, 5) is 0. The molecule has 0 aliphatic heterocycles. The minimum absolute atomic E-state index is 0.395. The molecule has 0 heterocycles. The van der Waals surface area contributed by atoms with Gasteiger partial charge in [-0.05, 0) is 17.7 Å². The number of nitrogens with zero attached hydrogens (tertiary/aromatic N) is 1. The highest BCUT2D eigenvalue weighted by molar-refractivity contribution is 9.10. The van der Waals surface area contributed by atoms with Gasteiger partial charge in [0.15, 0.2) is 0 Å². The van der Waals surface area contributed by atoms with Crippen molar-refractivity contribution < 1.29 is 0 Å². The van der Waals surface area contributed by atoms with Crippen LogP contribution in [-0.4, -0.2) is 6.54 Å². The minimum Gasteiger partial charge on any atom is -0.300 e. The van der Waals surface area contributed by atoms with E-state index in [4.69, 9.17) is 5.26 Å². The van der Waals surface area contributed by atoms with Gasteiger partial charge in [-0.1, -0.05) is 28.1 Å². The van der Waals surface area contributed by atoms with Crippen molar-refractivity contribution in [1.29, 1.82) is 5.26 Å². The average Bonchev–Trinajstić information content (AvgIpc) is 2.05. The fraction of sp³-hybridized carbons (Fsp3) is 0.222. The maximum Gasteiger partial charge on any atom is 0.0843 e. The van der Waals surface area contributed by atoms with Crippen LogP contribution in [0.3, 0.4) is 0 Å². The number of nitriles is 1. The molecule has 1 aromatic rings. The van der Waals surface area contributed by atoms with Crippen molar-refractivity contribution in [3.63, 3.8) is 0 Å². The van der Waals surface area contributed by atoms with E-state index in [1.165, 1.54) is 5.56 Å². The number of hydrogen-bond acceptors (Lipinski definition) is 2. The van der Waals surface area contributed by atoms with Crippen LogP contribution in [0, 0.1) is 11.3 Å². The Balaban J connectivity index is 2.48. The highest BCUT2D eigenvalue weighted by Crippen LogP contribution is 2.10. The van der Waals surface area contributed by atoms with Crippen molar-refractivity contribution in [2.24, 2.45) is 0 Å². The van der Waals surface area contributed by atoms with E-state index in [1.54, 1.807) is 0 Å². The van der Waals surface area contributed by atoms with Gasteiger partial charge >= 0.3 is 0 Å². The summed E-state index contributed by atoms with van der Waals surface area (Å²) in [5, 5.41) is 11.3. The summed E-state index contributed by atoms with van der Waals surface area (Å²) in [5.74, 6) is 0. The predicted octanol–water partition coefficient (Wildman–Crippen LogP) is 2.06. The van der Waals surface area contributed by atoms with E-state index in [2.05, 4.69) is 21.2 Å². The van der Waals surface area contributed by atoms with Crippen LogP contribution in [0.25, 0.3) is 0 Å². The van der Waals surface area contributed by atoms with E-state index in [0.717, 1.165) is 11.0 Å². The molecule has 0 fully saturated rings. The fourth-order valence-electron chi connectivity index (χ4n) is 0.910. The van der Waals surface area contributed by atoms with Gasteiger partial charge in [-0.25, -0.2) is 0 Å². The molecule has 12 heavy (non-hydrogen) atoms. The van der Waals surface area contributed by atoms with Crippen LogP contribution < -0.4 is 5.32 Å². The van der Waals surface area contributed by atoms with Crippen LogP contribution >= 0.6 is 15.9 Å². The molecule has 0 aliphatic rings. The first-order valence-electron chi connectivity index (χ1n) is 3.65. The summed E-state index contributed by atoms with van der Waals surface area (Å²) in [6.45, 7) is 1.14. The molecule has 1 N–H and O–H groups in total. The number of benzene rings is 1. The number of rotatable bonds is 3. The van der Waals surface area contributed by atoms with Crippen LogP contribution in [0.15, 0.2) is 28.7 Å². The minimum atomic E-state index is 0.395. The largest absolute Gasteiger partial charge is 0.300 e. The number of hydrogen-bond donors (Lipinski definition) is 1. The summed E-state index contributed by atoms with van der Waals surface area (Å²) in [5.41, 5.74) is 1.18. The van der Waals surface area contributed by atoms with Gasteiger partial charge in [0.25, 0.3) is 0 Å². The monoisotopic (exact) mass is 224 g/mol. The van der Waals surface area contributed by atoms with E-state index in [1.807, 2.05) is 30.3 Å². The van der Waals surface area contributed by atoms with Crippen molar-refractivity contribution in [1.82, 2.24) is 5.32 Å². The van der Waals surface area contributed by atoms with E-state index in [9.17, 15) is 0 Å². The molecule has 3 heteroatoms. The molecule has 0 radical (unpaired) electrons. The third kappa shape index (κ3) is 3.04. The Hall–Kier alpha value is -0.850. The lowest BCUT2D eigenvalue weighted by Gasteiger charge is -2.00. The summed E-state index contributed by atoms with van der Waals surface area (Å²) in [6.07, 6.45) is 0. The number of nitrogens with one attached hydrogen (secondary N) is 1. The third-order valence-electron chi connectivity index (χ3n) is 1.42. The zero-order valence-corrected chi connectivity index (χ0v) is 8.13. The van der Waals surface area contributed by atoms with Crippen molar-refractivity contribution in [2.75, 3.05) is 6.54 Å². The SMILES string of the molecule is N#CCNCc1cccc(Br)c1. The lowest BCUT2D eigenvalue weighted by molar-refractivity contribution is 0.765. The Labute approximate surface area is 80.3 Å². The van der Waals surface area contributed by atoms with Gasteiger partial charge in [0.2, 0.25) is 0 Å². The third-order valence-corrected chi connectivity index (χ3v) is 1.92. The topological polar surface area (TPSA) is 35.8 Å². The normalized spacial score (nSPS) is 9.33. The van der Waals surface area contributed by atoms with Gasteiger partial charge in [-0.15, -0.1) is 0 Å². The van der Waals surface area contributed by atoms with Gasteiger partial charge in [0.05, 0.1) is 12.6 Å². The lowest BCUT2D eigenvalue weighted by Crippen LogP contribution is -2.12. The molecule has 1 rings (SSSR count). The first kappa shape index (κ1) is 9.24. The van der Waals surface area contributed by atoms with Crippen molar-refractivity contribution in [2.45, 2.75) is 6.54 Å². The summed E-state index contributed by atoms with van der Waals surface area (Å²) in [7, 11) is 0. The highest BCUT2D eigenvalue weighted by atomic mass is 79.9. The Morgan fingerprint density at radius 1 is 1.50 bits per heavy atom. The van der Waals surface area contributed by atoms with E-state index >= 15 is 0 Å². The zero-order valence-electron chi connectivity index (χ0n) is 6.55. The Morgan fingerprint density at radius 2 is 2.33 bits per heavy atom. The molecule has 0 amide bonds. The molecular weight excluding hydrogens is 216 g/mol. The molecule has 0 aromatic heterocycles. The van der Waals surface area contributed by atoms with E-state index < -0.39 is 0 Å². The first-order valence-corrected chi connectivity index (χ1v) is 4.44. The molecule has 0 spiro atoms. The Kier molecular flexibility index (Phi) is 3.78. The van der Waals surface area contributed by atoms with Crippen LogP contribution in [0.4, 0.5) is 0 Å². The second-order valence-electron chi connectivity index (χ2n) is 2.39. The van der Waals surface area contributed by atoms with Crippen LogP contribution in [0.1, 0.15) is 5.56 Å². The molecule has 0 saturated heterocycles. The molecule has 62 valence electrons. The molecule has 0 atom stereocenters. The Morgan fingerprint density at radius 3 is 3.00 bits per heavy atom. The van der Waals surface area contributed by atoms with Crippen molar-refractivity contribution in [3.8, 4) is 6.07 Å². The van der Waals surface area contributed by atoms with Crippen molar-refractivity contribution >= 4 is 15.9 Å². The molecular formula is C9H9BrN2. The molecule has 0 unspecified atom stereocenters. The molecule has 2 nitrogen and oxygen atoms in total. The zero-order chi connectivity index (χ0) is 8.81. The van der Waals surface area contributed by atoms with Gasteiger partial charge in [-0.2, -0.15) is 5.26 Å². The molecule has 0 saturated carbocycles. The predicted molar refractivity (Wildman–Crippen MR) is 51.5 cm³/mol. The highest BCUT2D eigenvalue weighted by Gasteiger charge is 1.91. The Bertz CT molecular complexity index is 291. The van der Waals surface area contributed by atoms with Crippen molar-refractivity contribution in [3.05, 3.63) is 34.3 Å².